The van der Waals surface area contributed by atoms with E-state index in [0.29, 0.717) is 44.0 Å². The van der Waals surface area contributed by atoms with Crippen molar-refractivity contribution in [3.05, 3.63) is 65.2 Å². The molecule has 1 spiro atoms. The number of morpholine rings is 1. The van der Waals surface area contributed by atoms with E-state index in [0.717, 1.165) is 11.1 Å². The van der Waals surface area contributed by atoms with Crippen molar-refractivity contribution in [1.29, 1.82) is 0 Å². The van der Waals surface area contributed by atoms with Crippen LogP contribution in [0.25, 0.3) is 0 Å². The van der Waals surface area contributed by atoms with Crippen LogP contribution in [0, 0.1) is 13.8 Å². The fourth-order valence-corrected chi connectivity index (χ4v) is 5.53. The Morgan fingerprint density at radius 3 is 2.29 bits per heavy atom. The predicted octanol–water partition coefficient (Wildman–Crippen LogP) is 3.61. The number of hydrogen-bond acceptors (Lipinski definition) is 4. The molecule has 2 atom stereocenters. The molecule has 0 unspecified atom stereocenters. The van der Waals surface area contributed by atoms with E-state index < -0.39 is 15.6 Å². The lowest BCUT2D eigenvalue weighted by molar-refractivity contribution is -0.163. The summed E-state index contributed by atoms with van der Waals surface area (Å²) >= 11 is 0. The third kappa shape index (κ3) is 3.87. The highest BCUT2D eigenvalue weighted by molar-refractivity contribution is 7.89. The first-order valence-electron chi connectivity index (χ1n) is 9.77. The Morgan fingerprint density at radius 2 is 1.61 bits per heavy atom. The maximum absolute atomic E-state index is 13.2. The monoisotopic (exact) mass is 401 g/mol. The summed E-state index contributed by atoms with van der Waals surface area (Å²) in [7, 11) is -3.53. The van der Waals surface area contributed by atoms with Crippen molar-refractivity contribution in [2.24, 2.45) is 0 Å². The zero-order valence-electron chi connectivity index (χ0n) is 16.4. The first kappa shape index (κ1) is 19.6. The number of aryl methyl sites for hydroxylation is 2. The summed E-state index contributed by atoms with van der Waals surface area (Å²) in [5, 5.41) is 0. The molecule has 150 valence electrons. The zero-order valence-corrected chi connectivity index (χ0v) is 17.2. The second-order valence-electron chi connectivity index (χ2n) is 7.91. The van der Waals surface area contributed by atoms with Crippen molar-refractivity contribution < 1.29 is 17.9 Å². The molecule has 6 heteroatoms. The smallest absolute Gasteiger partial charge is 0.243 e. The van der Waals surface area contributed by atoms with Crippen molar-refractivity contribution in [2.45, 2.75) is 43.3 Å². The third-order valence-electron chi connectivity index (χ3n) is 5.76. The van der Waals surface area contributed by atoms with Crippen LogP contribution in [0.1, 0.15) is 35.6 Å². The Balaban J connectivity index is 1.55. The minimum atomic E-state index is -3.53. The van der Waals surface area contributed by atoms with Crippen LogP contribution in [0.4, 0.5) is 0 Å². The van der Waals surface area contributed by atoms with Crippen LogP contribution < -0.4 is 0 Å². The van der Waals surface area contributed by atoms with Crippen LogP contribution in [0.5, 0.6) is 0 Å². The second-order valence-corrected chi connectivity index (χ2v) is 9.85. The molecule has 0 bridgehead atoms. The summed E-state index contributed by atoms with van der Waals surface area (Å²) in [6.45, 7) is 5.74. The van der Waals surface area contributed by atoms with Crippen molar-refractivity contribution in [3.63, 3.8) is 0 Å². The Bertz CT molecular complexity index is 920. The van der Waals surface area contributed by atoms with Crippen LogP contribution in [-0.2, 0) is 19.5 Å². The Hall–Kier alpha value is -1.73. The molecule has 4 rings (SSSR count). The molecule has 0 N–H and O–H groups in total. The number of rotatable bonds is 3. The van der Waals surface area contributed by atoms with Crippen LogP contribution in [0.15, 0.2) is 53.4 Å². The number of nitrogens with zero attached hydrogens (tertiary/aromatic N) is 1. The summed E-state index contributed by atoms with van der Waals surface area (Å²) in [5.41, 5.74) is 2.87. The largest absolute Gasteiger partial charge is 0.373 e. The fourth-order valence-electron chi connectivity index (χ4n) is 4.03. The van der Waals surface area contributed by atoms with Crippen molar-refractivity contribution in [2.75, 3.05) is 26.3 Å². The molecule has 2 heterocycles. The van der Waals surface area contributed by atoms with Gasteiger partial charge in [-0.2, -0.15) is 4.31 Å². The first-order chi connectivity index (χ1) is 13.4. The van der Waals surface area contributed by atoms with Crippen molar-refractivity contribution >= 4 is 10.0 Å². The quantitative estimate of drug-likeness (QED) is 0.788. The van der Waals surface area contributed by atoms with Crippen molar-refractivity contribution in [3.8, 4) is 0 Å². The molecule has 28 heavy (non-hydrogen) atoms. The molecule has 0 saturated carbocycles. The van der Waals surface area contributed by atoms with Gasteiger partial charge >= 0.3 is 0 Å². The van der Waals surface area contributed by atoms with E-state index in [1.807, 2.05) is 19.1 Å². The lowest BCUT2D eigenvalue weighted by Crippen LogP contribution is -2.56. The molecule has 2 aromatic carbocycles. The average molecular weight is 402 g/mol. The van der Waals surface area contributed by atoms with Gasteiger partial charge in [0.05, 0.1) is 29.8 Å². The third-order valence-corrected chi connectivity index (χ3v) is 7.61. The van der Waals surface area contributed by atoms with Gasteiger partial charge in [-0.15, -0.1) is 0 Å². The van der Waals surface area contributed by atoms with E-state index in [1.165, 1.54) is 5.56 Å². The van der Waals surface area contributed by atoms with Gasteiger partial charge in [0.15, 0.2) is 0 Å². The fraction of sp³-hybridized carbons (Fsp3) is 0.455. The van der Waals surface area contributed by atoms with Crippen molar-refractivity contribution in [1.82, 2.24) is 4.31 Å². The Kier molecular flexibility index (Phi) is 5.31. The molecule has 2 aromatic rings. The maximum atomic E-state index is 13.2. The van der Waals surface area contributed by atoms with Gasteiger partial charge in [0, 0.05) is 25.9 Å². The number of ether oxygens (including phenoxy) is 2. The van der Waals surface area contributed by atoms with E-state index in [1.54, 1.807) is 16.4 Å². The van der Waals surface area contributed by atoms with Crippen LogP contribution in [-0.4, -0.2) is 44.6 Å². The summed E-state index contributed by atoms with van der Waals surface area (Å²) in [6.07, 6.45) is 1.29. The minimum absolute atomic E-state index is 0.0728. The lowest BCUT2D eigenvalue weighted by Gasteiger charge is -2.46. The minimum Gasteiger partial charge on any atom is -0.373 e. The van der Waals surface area contributed by atoms with Gasteiger partial charge < -0.3 is 9.47 Å². The van der Waals surface area contributed by atoms with Crippen LogP contribution in [0.2, 0.25) is 0 Å². The number of benzene rings is 2. The number of sulfonamides is 1. The zero-order chi connectivity index (χ0) is 19.8. The normalized spacial score (nSPS) is 26.4. The first-order valence-corrected chi connectivity index (χ1v) is 11.2. The van der Waals surface area contributed by atoms with Gasteiger partial charge in [0.25, 0.3) is 0 Å². The molecular formula is C22H27NO4S. The molecular weight excluding hydrogens is 374 g/mol. The van der Waals surface area contributed by atoms with E-state index in [9.17, 15) is 8.42 Å². The highest BCUT2D eigenvalue weighted by atomic mass is 32.2. The molecule has 0 amide bonds. The molecule has 0 aliphatic carbocycles. The summed E-state index contributed by atoms with van der Waals surface area (Å²) in [6, 6.07) is 15.4. The molecule has 2 aliphatic heterocycles. The van der Waals surface area contributed by atoms with Gasteiger partial charge in [0.2, 0.25) is 10.0 Å². The van der Waals surface area contributed by atoms with Crippen LogP contribution >= 0.6 is 0 Å². The Morgan fingerprint density at radius 1 is 0.964 bits per heavy atom. The van der Waals surface area contributed by atoms with Crippen LogP contribution in [0.3, 0.4) is 0 Å². The SMILES string of the molecule is Cc1ccc([C@H]2C[C@]3(CCO2)CN(S(=O)(=O)c2ccc(C)cc2)CCO3)cc1. The van der Waals surface area contributed by atoms with E-state index >= 15 is 0 Å². The van der Waals surface area contributed by atoms with Gasteiger partial charge in [-0.3, -0.25) is 0 Å². The van der Waals surface area contributed by atoms with E-state index in [4.69, 9.17) is 9.47 Å². The van der Waals surface area contributed by atoms with Gasteiger partial charge in [-0.25, -0.2) is 8.42 Å². The van der Waals surface area contributed by atoms with E-state index in [-0.39, 0.29) is 6.10 Å². The van der Waals surface area contributed by atoms with Gasteiger partial charge in [0.1, 0.15) is 0 Å². The average Bonchev–Trinajstić information content (AvgIpc) is 2.69. The predicted molar refractivity (Wildman–Crippen MR) is 108 cm³/mol. The van der Waals surface area contributed by atoms with Gasteiger partial charge in [-0.1, -0.05) is 47.5 Å². The lowest BCUT2D eigenvalue weighted by atomic mass is 9.86. The Labute approximate surface area is 167 Å². The highest BCUT2D eigenvalue weighted by Gasteiger charge is 2.45. The summed E-state index contributed by atoms with van der Waals surface area (Å²) in [4.78, 5) is 0.345. The molecule has 0 radical (unpaired) electrons. The summed E-state index contributed by atoms with van der Waals surface area (Å²) in [5.74, 6) is 0. The number of hydrogen-bond donors (Lipinski definition) is 0. The van der Waals surface area contributed by atoms with Gasteiger partial charge in [-0.05, 0) is 31.5 Å². The molecule has 2 saturated heterocycles. The molecule has 5 nitrogen and oxygen atoms in total. The second kappa shape index (κ2) is 7.59. The van der Waals surface area contributed by atoms with E-state index in [2.05, 4.69) is 31.2 Å². The standard InChI is InChI=1S/C22H27NO4S/c1-17-3-7-19(8-4-17)21-15-22(11-13-26-21)16-23(12-14-27-22)28(24,25)20-9-5-18(2)6-10-20/h3-10,21H,11-16H2,1-2H3/t21-,22-/m1/s1. The topological polar surface area (TPSA) is 55.8 Å². The molecule has 0 aromatic heterocycles. The molecule has 2 fully saturated rings. The highest BCUT2D eigenvalue weighted by Crippen LogP contribution is 2.39. The maximum Gasteiger partial charge on any atom is 0.243 e. The summed E-state index contributed by atoms with van der Waals surface area (Å²) < 4.78 is 40.1. The molecule has 2 aliphatic rings.